The van der Waals surface area contributed by atoms with Crippen molar-refractivity contribution >= 4 is 116 Å². The predicted molar refractivity (Wildman–Crippen MR) is 292 cm³/mol. The molecule has 0 saturated carbocycles. The van der Waals surface area contributed by atoms with Gasteiger partial charge in [0.1, 0.15) is 15.8 Å². The summed E-state index contributed by atoms with van der Waals surface area (Å²) >= 11 is 31.8. The van der Waals surface area contributed by atoms with Gasteiger partial charge >= 0.3 is 41.5 Å². The molecule has 4 aromatic rings. The van der Waals surface area contributed by atoms with Gasteiger partial charge in [-0.1, -0.05) is 163 Å². The summed E-state index contributed by atoms with van der Waals surface area (Å²) in [5, 5.41) is 14.3. The van der Waals surface area contributed by atoms with Crippen LogP contribution < -0.4 is 34.5 Å². The molecule has 1 fully saturated rings. The number of benzene rings is 3. The fourth-order valence-corrected chi connectivity index (χ4v) is 7.24. The Bertz CT molecular complexity index is 2470. The first-order chi connectivity index (χ1) is 34.6. The molecule has 25 heteroatoms. The summed E-state index contributed by atoms with van der Waals surface area (Å²) in [6, 6.07) is 26.1. The normalized spacial score (nSPS) is 13.0. The van der Waals surface area contributed by atoms with E-state index in [1.54, 1.807) is 66.7 Å². The number of anilines is 1. The molecule has 75 heavy (non-hydrogen) atoms. The van der Waals surface area contributed by atoms with E-state index in [9.17, 15) is 37.5 Å². The first-order valence-electron chi connectivity index (χ1n) is 22.3. The van der Waals surface area contributed by atoms with Crippen molar-refractivity contribution in [2.75, 3.05) is 45.2 Å². The number of carbonyl (C=O) groups excluding carboxylic acids is 4. The number of carbonyl (C=O) groups is 4. The van der Waals surface area contributed by atoms with E-state index < -0.39 is 45.9 Å². The van der Waals surface area contributed by atoms with Gasteiger partial charge in [-0.25, -0.2) is 8.42 Å². The van der Waals surface area contributed by atoms with Gasteiger partial charge in [-0.3, -0.25) is 24.5 Å². The molecule has 408 valence electrons. The Kier molecular flexibility index (Phi) is 38.5. The van der Waals surface area contributed by atoms with Crippen molar-refractivity contribution in [3.8, 4) is 0 Å². The van der Waals surface area contributed by atoms with Gasteiger partial charge in [0.25, 0.3) is 6.04 Å². The van der Waals surface area contributed by atoms with Crippen molar-refractivity contribution in [2.24, 2.45) is 15.6 Å². The molecule has 0 bridgehead atoms. The van der Waals surface area contributed by atoms with Crippen molar-refractivity contribution in [3.63, 3.8) is 0 Å². The van der Waals surface area contributed by atoms with Crippen LogP contribution in [0.3, 0.4) is 0 Å². The summed E-state index contributed by atoms with van der Waals surface area (Å²) in [6.45, 7) is 17.0. The third-order valence-electron chi connectivity index (χ3n) is 9.73. The van der Waals surface area contributed by atoms with Crippen LogP contribution in [0.2, 0.25) is 0 Å². The third-order valence-corrected chi connectivity index (χ3v) is 12.0. The molecular weight excluding hydrogens is 1130 g/mol. The van der Waals surface area contributed by atoms with E-state index in [1.165, 1.54) is 69.6 Å². The number of furan rings is 1. The first kappa shape index (κ1) is 73.2. The van der Waals surface area contributed by atoms with Crippen molar-refractivity contribution in [1.29, 1.82) is 0 Å². The number of hydrogen-bond acceptors (Lipinski definition) is 15. The number of esters is 2. The molecule has 0 aliphatic carbocycles. The third kappa shape index (κ3) is 33.8. The van der Waals surface area contributed by atoms with Gasteiger partial charge in [0.2, 0.25) is 10.3 Å². The van der Waals surface area contributed by atoms with Gasteiger partial charge in [0, 0.05) is 45.1 Å². The van der Waals surface area contributed by atoms with Crippen LogP contribution in [0.5, 0.6) is 0 Å². The smallest absolute Gasteiger partial charge is 0.728 e. The molecule has 0 amide bonds. The molecule has 17 nitrogen and oxygen atoms in total. The van der Waals surface area contributed by atoms with E-state index in [2.05, 4.69) is 75.6 Å². The maximum Gasteiger partial charge on any atom is 1.00 e. The van der Waals surface area contributed by atoms with E-state index >= 15 is 0 Å². The topological polar surface area (TPSA) is 231 Å². The summed E-state index contributed by atoms with van der Waals surface area (Å²) in [6.07, 6.45) is 6.45. The molecule has 1 saturated heterocycles. The molecule has 3 atom stereocenters. The average Bonchev–Trinajstić information content (AvgIpc) is 3.89. The first-order valence-corrected chi connectivity index (χ1v) is 25.9. The molecule has 1 aromatic heterocycles. The fraction of sp³-hybridized carbons (Fsp3) is 0.400. The molecule has 3 unspecified atom stereocenters. The largest absolute Gasteiger partial charge is 1.00 e. The zero-order chi connectivity index (χ0) is 56.6. The van der Waals surface area contributed by atoms with Gasteiger partial charge in [-0.15, -0.1) is 5.11 Å². The predicted octanol–water partition coefficient (Wildman–Crippen LogP) is 10.1. The Morgan fingerprint density at radius 1 is 0.853 bits per heavy atom. The van der Waals surface area contributed by atoms with Crippen molar-refractivity contribution in [2.45, 2.75) is 84.8 Å². The molecule has 5 rings (SSSR count). The van der Waals surface area contributed by atoms with Crippen LogP contribution in [0.15, 0.2) is 130 Å². The van der Waals surface area contributed by atoms with Crippen LogP contribution in [0.4, 0.5) is 11.4 Å². The Balaban J connectivity index is 0. The fourth-order valence-electron chi connectivity index (χ4n) is 6.28. The summed E-state index contributed by atoms with van der Waals surface area (Å²) in [7, 11) is -0.904. The monoisotopic (exact) mass is 1190 g/mol. The van der Waals surface area contributed by atoms with Crippen molar-refractivity contribution in [1.82, 2.24) is 4.90 Å². The van der Waals surface area contributed by atoms with E-state index in [4.69, 9.17) is 79.1 Å². The number of halogens is 6. The van der Waals surface area contributed by atoms with Crippen LogP contribution >= 0.6 is 69.6 Å². The van der Waals surface area contributed by atoms with Crippen LogP contribution in [-0.4, -0.2) is 94.2 Å². The molecule has 0 radical (unpaired) electrons. The van der Waals surface area contributed by atoms with Crippen LogP contribution in [0.1, 0.15) is 94.2 Å². The second-order valence-electron chi connectivity index (χ2n) is 17.0. The van der Waals surface area contributed by atoms with Gasteiger partial charge in [0.15, 0.2) is 24.8 Å². The Labute approximate surface area is 492 Å². The number of likely N-dealkylation sites (tertiary alicyclic amines) is 1. The SMILES string of the molecule is C=O.CC(=O)OCC(C(OC(C)=O)c1ccccc1)[N+](=O)[O-].CC(Cc1ccc(C(C)(C)C)cc1)CN1CCCCC1.CN(C)c1ccc(/N=N/S(=O)(=O)[O-])cc1.ClC(Cl)=C(Cl)C(Cl)=C(Cl)Cl.O=Cc1ccco1.[Na+]. The maximum absolute atomic E-state index is 11.1. The summed E-state index contributed by atoms with van der Waals surface area (Å²) in [4.78, 5) is 54.8. The molecule has 1 aliphatic heterocycles. The van der Waals surface area contributed by atoms with E-state index in [0.29, 0.717) is 23.3 Å². The van der Waals surface area contributed by atoms with Crippen LogP contribution in [0.25, 0.3) is 0 Å². The summed E-state index contributed by atoms with van der Waals surface area (Å²) in [5.74, 6) is -0.145. The average molecular weight is 1190 g/mol. The minimum atomic E-state index is -4.65. The Morgan fingerprint density at radius 3 is 1.77 bits per heavy atom. The summed E-state index contributed by atoms with van der Waals surface area (Å²) < 4.78 is 47.1. The second kappa shape index (κ2) is 39.5. The van der Waals surface area contributed by atoms with E-state index in [0.717, 1.165) is 18.5 Å². The van der Waals surface area contributed by atoms with Gasteiger partial charge < -0.3 is 33.0 Å². The van der Waals surface area contributed by atoms with E-state index in [1.807, 2.05) is 25.8 Å². The zero-order valence-corrected chi connectivity index (χ0v) is 50.6. The molecular formula is C50H62Cl6N5NaO12S. The molecule has 1 aliphatic rings. The number of nitrogens with zero attached hydrogens (tertiary/aromatic N) is 5. The molecule has 0 spiro atoms. The number of aldehydes is 1. The van der Waals surface area contributed by atoms with Crippen LogP contribution in [-0.2, 0) is 46.0 Å². The maximum atomic E-state index is 11.1. The quantitative estimate of drug-likeness (QED) is 0.0158. The van der Waals surface area contributed by atoms with Gasteiger partial charge in [0.05, 0.1) is 22.0 Å². The van der Waals surface area contributed by atoms with Crippen LogP contribution in [0, 0.1) is 16.0 Å². The number of hydrogen-bond donors (Lipinski definition) is 0. The Morgan fingerprint density at radius 2 is 1.39 bits per heavy atom. The standard InChI is InChI=1S/C19H31N.C13H15NO6.C8H11N3O3S.C5H4O2.C4Cl6.CH2O.Na/c1-16(15-20-12-6-5-7-13-20)14-17-8-10-18(11-9-17)19(2,3)4;1-9(15)19-8-12(14(17)18)13(20-10(2)16)11-6-4-3-5-7-11;1-11(2)8-5-3-7(4-6-8)9-10-15(12,13)14;6-4-5-2-1-3-7-5;5-1(3(7)8)2(6)4(9)10;1-2;/h8-11,16H,5-7,12-15H2,1-4H3;3-7,12-13H,8H2,1-2H3;3-6H,1-2H3,(H,12,13,14);1-4H;;1H2;/q;;;;;;+1/p-1/b;;10-9+;;;;. The minimum Gasteiger partial charge on any atom is -0.728 e. The summed E-state index contributed by atoms with van der Waals surface area (Å²) in [5.41, 5.74) is 4.92. The van der Waals surface area contributed by atoms with Crippen molar-refractivity contribution in [3.05, 3.63) is 149 Å². The number of rotatable bonds is 15. The molecule has 3 aromatic carbocycles. The number of ether oxygens (including phenoxy) is 2. The van der Waals surface area contributed by atoms with Gasteiger partial charge in [-0.2, -0.15) is 0 Å². The number of piperidine rings is 1. The minimum absolute atomic E-state index is 0. The zero-order valence-electron chi connectivity index (χ0n) is 43.2. The number of nitro groups is 1. The molecule has 2 heterocycles. The van der Waals surface area contributed by atoms with Crippen molar-refractivity contribution < 1.29 is 80.5 Å². The van der Waals surface area contributed by atoms with E-state index in [-0.39, 0.29) is 54.0 Å². The second-order valence-corrected chi connectivity index (χ2v) is 20.7. The van der Waals surface area contributed by atoms with Gasteiger partial charge in [-0.05, 0) is 96.8 Å². The number of allylic oxidation sites excluding steroid dienone is 2. The Hall–Kier alpha value is -3.89. The molecule has 0 N–H and O–H groups in total.